The van der Waals surface area contributed by atoms with E-state index in [1.807, 2.05) is 43.3 Å². The molecule has 0 unspecified atom stereocenters. The molecule has 0 radical (unpaired) electrons. The highest BCUT2D eigenvalue weighted by atomic mass is 19.1. The van der Waals surface area contributed by atoms with Gasteiger partial charge in [0, 0.05) is 13.1 Å². The van der Waals surface area contributed by atoms with Gasteiger partial charge in [0.2, 0.25) is 0 Å². The lowest BCUT2D eigenvalue weighted by atomic mass is 9.87. The summed E-state index contributed by atoms with van der Waals surface area (Å²) in [7, 11) is 0. The Morgan fingerprint density at radius 1 is 0.950 bits per heavy atom. The Kier molecular flexibility index (Phi) is 3.58. The largest absolute Gasteiger partial charge is 0.286 e. The lowest BCUT2D eigenvalue weighted by molar-refractivity contribution is -0.0516. The second-order valence-electron chi connectivity index (χ2n) is 5.63. The summed E-state index contributed by atoms with van der Waals surface area (Å²) in [5, 5.41) is 0. The number of rotatable bonds is 4. The van der Waals surface area contributed by atoms with Crippen LogP contribution < -0.4 is 0 Å². The smallest absolute Gasteiger partial charge is 0.136 e. The summed E-state index contributed by atoms with van der Waals surface area (Å²) in [6, 6.07) is 20.9. The highest BCUT2D eigenvalue weighted by Gasteiger charge is 2.45. The van der Waals surface area contributed by atoms with Gasteiger partial charge in [-0.05, 0) is 17.5 Å². The Morgan fingerprint density at radius 2 is 1.40 bits per heavy atom. The van der Waals surface area contributed by atoms with Crippen molar-refractivity contribution in [1.82, 2.24) is 4.90 Å². The van der Waals surface area contributed by atoms with Gasteiger partial charge in [-0.2, -0.15) is 0 Å². The van der Waals surface area contributed by atoms with Gasteiger partial charge in [-0.25, -0.2) is 4.39 Å². The van der Waals surface area contributed by atoms with Crippen LogP contribution in [0.4, 0.5) is 4.39 Å². The maximum absolute atomic E-state index is 14.2. The Bertz CT molecular complexity index is 507. The predicted octanol–water partition coefficient (Wildman–Crippen LogP) is 4.21. The Hall–Kier alpha value is -1.67. The molecule has 1 heterocycles. The van der Waals surface area contributed by atoms with Crippen LogP contribution in [0.25, 0.3) is 0 Å². The van der Waals surface area contributed by atoms with Gasteiger partial charge in [0.15, 0.2) is 0 Å². The van der Waals surface area contributed by atoms with Gasteiger partial charge in [-0.1, -0.05) is 67.6 Å². The average Bonchev–Trinajstić information content (AvgIpc) is 2.48. The maximum Gasteiger partial charge on any atom is 0.136 e. The number of benzene rings is 2. The van der Waals surface area contributed by atoms with Crippen molar-refractivity contribution in [2.45, 2.75) is 25.1 Å². The van der Waals surface area contributed by atoms with Crippen molar-refractivity contribution < 1.29 is 4.39 Å². The normalized spacial score (nSPS) is 17.9. The lowest BCUT2D eigenvalue weighted by Crippen LogP contribution is -2.59. The fourth-order valence-electron chi connectivity index (χ4n) is 2.97. The summed E-state index contributed by atoms with van der Waals surface area (Å²) in [4.78, 5) is 2.23. The molecule has 1 saturated heterocycles. The van der Waals surface area contributed by atoms with Gasteiger partial charge in [0.25, 0.3) is 0 Å². The summed E-state index contributed by atoms with van der Waals surface area (Å²) < 4.78 is 14.2. The maximum atomic E-state index is 14.2. The van der Waals surface area contributed by atoms with Crippen LogP contribution in [-0.2, 0) is 0 Å². The minimum absolute atomic E-state index is 0.160. The van der Waals surface area contributed by atoms with Crippen LogP contribution in [0.5, 0.6) is 0 Å². The molecule has 0 saturated carbocycles. The van der Waals surface area contributed by atoms with E-state index in [4.69, 9.17) is 0 Å². The molecule has 0 spiro atoms. The van der Waals surface area contributed by atoms with E-state index in [2.05, 4.69) is 29.2 Å². The monoisotopic (exact) mass is 269 g/mol. The summed E-state index contributed by atoms with van der Waals surface area (Å²) in [6.45, 7) is 2.98. The first kappa shape index (κ1) is 13.3. The molecule has 2 aromatic carbocycles. The molecule has 20 heavy (non-hydrogen) atoms. The molecule has 0 bridgehead atoms. The third-order valence-electron chi connectivity index (χ3n) is 4.20. The molecule has 3 rings (SSSR count). The summed E-state index contributed by atoms with van der Waals surface area (Å²) >= 11 is 0. The molecular formula is C18H20FN. The van der Waals surface area contributed by atoms with Crippen molar-refractivity contribution in [3.05, 3.63) is 71.8 Å². The van der Waals surface area contributed by atoms with Crippen LogP contribution in [0.15, 0.2) is 60.7 Å². The van der Waals surface area contributed by atoms with Crippen LogP contribution in [0.3, 0.4) is 0 Å². The third kappa shape index (κ3) is 2.48. The van der Waals surface area contributed by atoms with Crippen LogP contribution >= 0.6 is 0 Å². The fraction of sp³-hybridized carbons (Fsp3) is 0.333. The summed E-state index contributed by atoms with van der Waals surface area (Å²) in [5.74, 6) is 0. The molecule has 2 aromatic rings. The van der Waals surface area contributed by atoms with Crippen LogP contribution in [-0.4, -0.2) is 23.7 Å². The minimum atomic E-state index is -0.998. The Balaban J connectivity index is 1.90. The Morgan fingerprint density at radius 3 is 1.80 bits per heavy atom. The Labute approximate surface area is 120 Å². The van der Waals surface area contributed by atoms with E-state index in [-0.39, 0.29) is 6.04 Å². The van der Waals surface area contributed by atoms with E-state index in [0.29, 0.717) is 19.5 Å². The van der Waals surface area contributed by atoms with E-state index in [1.165, 1.54) is 11.1 Å². The van der Waals surface area contributed by atoms with Crippen molar-refractivity contribution in [2.75, 3.05) is 13.1 Å². The predicted molar refractivity (Wildman–Crippen MR) is 80.4 cm³/mol. The SMILES string of the molecule is CCC1(F)CN(C(c2ccccc2)c2ccccc2)C1. The van der Waals surface area contributed by atoms with Gasteiger partial charge < -0.3 is 0 Å². The van der Waals surface area contributed by atoms with E-state index >= 15 is 0 Å². The molecule has 0 aliphatic carbocycles. The molecular weight excluding hydrogens is 249 g/mol. The zero-order chi connectivity index (χ0) is 14.0. The summed E-state index contributed by atoms with van der Waals surface area (Å²) in [6.07, 6.45) is 0.597. The van der Waals surface area contributed by atoms with Gasteiger partial charge >= 0.3 is 0 Å². The van der Waals surface area contributed by atoms with Crippen molar-refractivity contribution in [1.29, 1.82) is 0 Å². The van der Waals surface area contributed by atoms with E-state index in [0.717, 1.165) is 0 Å². The number of likely N-dealkylation sites (tertiary alicyclic amines) is 1. The second-order valence-corrected chi connectivity index (χ2v) is 5.63. The zero-order valence-electron chi connectivity index (χ0n) is 11.8. The van der Waals surface area contributed by atoms with Gasteiger partial charge in [-0.3, -0.25) is 4.90 Å². The highest BCUT2D eigenvalue weighted by molar-refractivity contribution is 5.32. The molecule has 0 aromatic heterocycles. The van der Waals surface area contributed by atoms with E-state index in [9.17, 15) is 4.39 Å². The first-order valence-corrected chi connectivity index (χ1v) is 7.25. The van der Waals surface area contributed by atoms with Gasteiger partial charge in [0.1, 0.15) is 5.67 Å². The first-order valence-electron chi connectivity index (χ1n) is 7.25. The third-order valence-corrected chi connectivity index (χ3v) is 4.20. The molecule has 2 heteroatoms. The summed E-state index contributed by atoms with van der Waals surface area (Å²) in [5.41, 5.74) is 1.47. The van der Waals surface area contributed by atoms with Crippen LogP contribution in [0.1, 0.15) is 30.5 Å². The second kappa shape index (κ2) is 5.37. The fourth-order valence-corrected chi connectivity index (χ4v) is 2.97. The van der Waals surface area contributed by atoms with Crippen LogP contribution in [0.2, 0.25) is 0 Å². The van der Waals surface area contributed by atoms with Crippen molar-refractivity contribution >= 4 is 0 Å². The van der Waals surface area contributed by atoms with Gasteiger partial charge in [-0.15, -0.1) is 0 Å². The zero-order valence-corrected chi connectivity index (χ0v) is 11.8. The van der Waals surface area contributed by atoms with Crippen molar-refractivity contribution in [3.8, 4) is 0 Å². The quantitative estimate of drug-likeness (QED) is 0.803. The number of halogens is 1. The van der Waals surface area contributed by atoms with Crippen molar-refractivity contribution in [2.24, 2.45) is 0 Å². The number of nitrogens with zero attached hydrogens (tertiary/aromatic N) is 1. The number of alkyl halides is 1. The van der Waals surface area contributed by atoms with Crippen molar-refractivity contribution in [3.63, 3.8) is 0 Å². The first-order chi connectivity index (χ1) is 9.72. The molecule has 1 nitrogen and oxygen atoms in total. The average molecular weight is 269 g/mol. The van der Waals surface area contributed by atoms with Gasteiger partial charge in [0.05, 0.1) is 6.04 Å². The molecule has 1 aliphatic heterocycles. The topological polar surface area (TPSA) is 3.24 Å². The standard InChI is InChI=1S/C18H20FN/c1-2-18(19)13-20(14-18)17(15-9-5-3-6-10-15)16-11-7-4-8-12-16/h3-12,17H,2,13-14H2,1H3. The molecule has 104 valence electrons. The molecule has 1 aliphatic rings. The number of hydrogen-bond donors (Lipinski definition) is 0. The molecule has 0 amide bonds. The molecule has 1 fully saturated rings. The highest BCUT2D eigenvalue weighted by Crippen LogP contribution is 2.38. The van der Waals surface area contributed by atoms with Crippen LogP contribution in [0, 0.1) is 0 Å². The number of hydrogen-bond acceptors (Lipinski definition) is 1. The molecule has 0 atom stereocenters. The molecule has 0 N–H and O–H groups in total. The lowest BCUT2D eigenvalue weighted by Gasteiger charge is -2.48. The van der Waals surface area contributed by atoms with E-state index < -0.39 is 5.67 Å². The van der Waals surface area contributed by atoms with E-state index in [1.54, 1.807) is 0 Å². The minimum Gasteiger partial charge on any atom is -0.286 e.